The first-order valence-corrected chi connectivity index (χ1v) is 14.1. The molecule has 4 rings (SSSR count). The highest BCUT2D eigenvalue weighted by atomic mass is 35.5. The Bertz CT molecular complexity index is 1380. The molecule has 3 aromatic carbocycles. The van der Waals surface area contributed by atoms with Crippen LogP contribution in [-0.4, -0.2) is 58.1 Å². The first-order valence-electron chi connectivity index (χ1n) is 11.5. The molecule has 0 aromatic heterocycles. The Morgan fingerprint density at radius 2 is 1.59 bits per heavy atom. The lowest BCUT2D eigenvalue weighted by molar-refractivity contribution is 0.0680. The van der Waals surface area contributed by atoms with Crippen LogP contribution >= 0.6 is 23.2 Å². The molecule has 0 radical (unpaired) electrons. The number of benzene rings is 3. The average Bonchev–Trinajstić information content (AvgIpc) is 3.25. The molecule has 0 N–H and O–H groups in total. The molecule has 7 nitrogen and oxygen atoms in total. The van der Waals surface area contributed by atoms with Crippen molar-refractivity contribution in [2.45, 2.75) is 19.0 Å². The Hall–Kier alpha value is -2.94. The van der Waals surface area contributed by atoms with E-state index in [0.717, 1.165) is 16.7 Å². The van der Waals surface area contributed by atoms with Gasteiger partial charge in [0, 0.05) is 33.8 Å². The Kier molecular flexibility index (Phi) is 8.21. The van der Waals surface area contributed by atoms with Crippen LogP contribution in [0.15, 0.2) is 54.6 Å². The fraction of sp³-hybridized carbons (Fsp3) is 0.296. The summed E-state index contributed by atoms with van der Waals surface area (Å²) in [6, 6.07) is 15.6. The van der Waals surface area contributed by atoms with E-state index in [1.54, 1.807) is 29.2 Å². The monoisotopic (exact) mass is 563 g/mol. The number of nitrogens with zero attached hydrogens (tertiary/aromatic N) is 1. The molecule has 0 spiro atoms. The zero-order valence-corrected chi connectivity index (χ0v) is 23.0. The zero-order valence-electron chi connectivity index (χ0n) is 20.7. The zero-order chi connectivity index (χ0) is 26.7. The van der Waals surface area contributed by atoms with Crippen LogP contribution in [0.4, 0.5) is 0 Å². The van der Waals surface area contributed by atoms with Gasteiger partial charge in [0.05, 0.1) is 32.8 Å². The summed E-state index contributed by atoms with van der Waals surface area (Å²) in [5.74, 6) is 0.688. The van der Waals surface area contributed by atoms with Crippen LogP contribution in [0.25, 0.3) is 11.1 Å². The number of amides is 1. The number of halogens is 2. The number of rotatable bonds is 8. The lowest BCUT2D eigenvalue weighted by Crippen LogP contribution is -2.40. The Labute approximate surface area is 226 Å². The minimum Gasteiger partial charge on any atom is -0.493 e. The van der Waals surface area contributed by atoms with Gasteiger partial charge in [-0.3, -0.25) is 4.79 Å². The maximum Gasteiger partial charge on any atom is 0.254 e. The fourth-order valence-electron chi connectivity index (χ4n) is 4.47. The van der Waals surface area contributed by atoms with Crippen LogP contribution in [0.5, 0.6) is 17.2 Å². The average molecular weight is 564 g/mol. The third kappa shape index (κ3) is 5.98. The molecule has 0 bridgehead atoms. The summed E-state index contributed by atoms with van der Waals surface area (Å²) in [7, 11) is 1.21. The summed E-state index contributed by atoms with van der Waals surface area (Å²) in [6.45, 7) is 0.226. The molecule has 0 aliphatic carbocycles. The second-order valence-corrected chi connectivity index (χ2v) is 11.8. The van der Waals surface area contributed by atoms with Crippen molar-refractivity contribution in [3.63, 3.8) is 0 Å². The quantitative estimate of drug-likeness (QED) is 0.359. The SMILES string of the molecule is COc1cc(C(=O)N(Cc2ccc(-c3ccc(Cl)cc3Cl)cc2)C2CCS(=O)(=O)C2)cc(OC)c1OC. The summed E-state index contributed by atoms with van der Waals surface area (Å²) in [5.41, 5.74) is 2.89. The van der Waals surface area contributed by atoms with Crippen molar-refractivity contribution in [1.82, 2.24) is 4.90 Å². The number of hydrogen-bond acceptors (Lipinski definition) is 6. The predicted molar refractivity (Wildman–Crippen MR) is 145 cm³/mol. The van der Waals surface area contributed by atoms with Gasteiger partial charge in [0.25, 0.3) is 5.91 Å². The maximum atomic E-state index is 13.8. The third-order valence-electron chi connectivity index (χ3n) is 6.37. The van der Waals surface area contributed by atoms with E-state index in [-0.39, 0.29) is 24.0 Å². The molecule has 196 valence electrons. The summed E-state index contributed by atoms with van der Waals surface area (Å²) >= 11 is 12.4. The largest absolute Gasteiger partial charge is 0.493 e. The van der Waals surface area contributed by atoms with Crippen molar-refractivity contribution in [3.05, 3.63) is 75.8 Å². The number of carbonyl (C=O) groups excluding carboxylic acids is 1. The van der Waals surface area contributed by atoms with Crippen molar-refractivity contribution in [3.8, 4) is 28.4 Å². The van der Waals surface area contributed by atoms with Crippen molar-refractivity contribution in [2.75, 3.05) is 32.8 Å². The molecule has 1 aliphatic rings. The van der Waals surface area contributed by atoms with Crippen LogP contribution in [0.2, 0.25) is 10.0 Å². The number of ether oxygens (including phenoxy) is 3. The molecule has 1 fully saturated rings. The topological polar surface area (TPSA) is 82.1 Å². The molecule has 37 heavy (non-hydrogen) atoms. The molecule has 1 amide bonds. The van der Waals surface area contributed by atoms with Gasteiger partial charge in [-0.2, -0.15) is 0 Å². The third-order valence-corrected chi connectivity index (χ3v) is 8.67. The van der Waals surface area contributed by atoms with Gasteiger partial charge < -0.3 is 19.1 Å². The van der Waals surface area contributed by atoms with Gasteiger partial charge in [-0.25, -0.2) is 8.42 Å². The highest BCUT2D eigenvalue weighted by molar-refractivity contribution is 7.91. The highest BCUT2D eigenvalue weighted by Gasteiger charge is 2.35. The molecule has 3 aromatic rings. The second kappa shape index (κ2) is 11.2. The Morgan fingerprint density at radius 1 is 0.946 bits per heavy atom. The van der Waals surface area contributed by atoms with Crippen molar-refractivity contribution >= 4 is 38.9 Å². The summed E-state index contributed by atoms with van der Waals surface area (Å²) in [6.07, 6.45) is 0.372. The molecule has 1 aliphatic heterocycles. The van der Waals surface area contributed by atoms with Crippen molar-refractivity contribution < 1.29 is 27.4 Å². The van der Waals surface area contributed by atoms with Crippen LogP contribution in [0, 0.1) is 0 Å². The van der Waals surface area contributed by atoms with E-state index < -0.39 is 15.9 Å². The maximum absolute atomic E-state index is 13.8. The number of methoxy groups -OCH3 is 3. The molecule has 10 heteroatoms. The van der Waals surface area contributed by atoms with E-state index in [2.05, 4.69) is 0 Å². The summed E-state index contributed by atoms with van der Waals surface area (Å²) < 4.78 is 40.7. The molecule has 1 saturated heterocycles. The molecule has 0 saturated carbocycles. The minimum absolute atomic E-state index is 0.0463. The van der Waals surface area contributed by atoms with Gasteiger partial charge in [0.15, 0.2) is 21.3 Å². The second-order valence-electron chi connectivity index (χ2n) is 8.73. The molecule has 1 atom stereocenters. The van der Waals surface area contributed by atoms with Crippen molar-refractivity contribution in [2.24, 2.45) is 0 Å². The van der Waals surface area contributed by atoms with Crippen LogP contribution < -0.4 is 14.2 Å². The molecule has 1 unspecified atom stereocenters. The van der Waals surface area contributed by atoms with Gasteiger partial charge in [0.1, 0.15) is 0 Å². The van der Waals surface area contributed by atoms with E-state index in [1.807, 2.05) is 30.3 Å². The van der Waals surface area contributed by atoms with Crippen LogP contribution in [0.1, 0.15) is 22.3 Å². The van der Waals surface area contributed by atoms with E-state index in [9.17, 15) is 13.2 Å². The fourth-order valence-corrected chi connectivity index (χ4v) is 6.72. The number of carbonyl (C=O) groups is 1. The summed E-state index contributed by atoms with van der Waals surface area (Å²) in [4.78, 5) is 15.4. The molecular weight excluding hydrogens is 537 g/mol. The van der Waals surface area contributed by atoms with E-state index in [0.29, 0.717) is 39.3 Å². The standard InChI is InChI=1S/C27H27Cl2NO6S/c1-34-24-12-19(13-25(35-2)26(24)36-3)27(31)30(21-10-11-37(32,33)16-21)15-17-4-6-18(7-5-17)22-9-8-20(28)14-23(22)29/h4-9,12-14,21H,10-11,15-16H2,1-3H3. The number of hydrogen-bond donors (Lipinski definition) is 0. The Morgan fingerprint density at radius 3 is 2.11 bits per heavy atom. The highest BCUT2D eigenvalue weighted by Crippen LogP contribution is 2.39. The normalized spacial score (nSPS) is 16.3. The van der Waals surface area contributed by atoms with Gasteiger partial charge in [-0.15, -0.1) is 0 Å². The predicted octanol–water partition coefficient (Wildman–Crippen LogP) is 5.52. The minimum atomic E-state index is -3.22. The van der Waals surface area contributed by atoms with E-state index in [1.165, 1.54) is 21.3 Å². The lowest BCUT2D eigenvalue weighted by Gasteiger charge is -2.29. The van der Waals surface area contributed by atoms with Gasteiger partial charge in [0.2, 0.25) is 5.75 Å². The van der Waals surface area contributed by atoms with E-state index in [4.69, 9.17) is 37.4 Å². The van der Waals surface area contributed by atoms with Crippen LogP contribution in [-0.2, 0) is 16.4 Å². The molecule has 1 heterocycles. The van der Waals surface area contributed by atoms with Gasteiger partial charge >= 0.3 is 0 Å². The smallest absolute Gasteiger partial charge is 0.254 e. The van der Waals surface area contributed by atoms with E-state index >= 15 is 0 Å². The van der Waals surface area contributed by atoms with Crippen LogP contribution in [0.3, 0.4) is 0 Å². The number of sulfone groups is 1. The summed E-state index contributed by atoms with van der Waals surface area (Å²) in [5, 5.41) is 1.09. The van der Waals surface area contributed by atoms with Gasteiger partial charge in [-0.1, -0.05) is 53.5 Å². The first kappa shape index (κ1) is 27.1. The van der Waals surface area contributed by atoms with Crippen molar-refractivity contribution in [1.29, 1.82) is 0 Å². The Balaban J connectivity index is 1.67. The first-order chi connectivity index (χ1) is 17.7. The lowest BCUT2D eigenvalue weighted by atomic mass is 10.0. The van der Waals surface area contributed by atoms with Gasteiger partial charge in [-0.05, 0) is 41.8 Å². The molecular formula is C27H27Cl2NO6S.